The van der Waals surface area contributed by atoms with E-state index in [1.54, 1.807) is 35.2 Å². The third-order valence-corrected chi connectivity index (χ3v) is 5.39. The van der Waals surface area contributed by atoms with Crippen molar-refractivity contribution in [1.29, 1.82) is 0 Å². The second kappa shape index (κ2) is 8.20. The van der Waals surface area contributed by atoms with Crippen LogP contribution < -0.4 is 15.0 Å². The fraction of sp³-hybridized carbons (Fsp3) is 0.167. The predicted molar refractivity (Wildman–Crippen MR) is 118 cm³/mol. The number of carbonyl (C=O) groups is 2. The zero-order valence-corrected chi connectivity index (χ0v) is 17.5. The monoisotopic (exact) mass is 420 g/mol. The fourth-order valence-corrected chi connectivity index (χ4v) is 3.57. The highest BCUT2D eigenvalue weighted by Crippen LogP contribution is 2.35. The van der Waals surface area contributed by atoms with E-state index in [4.69, 9.17) is 16.3 Å². The fourth-order valence-electron chi connectivity index (χ4n) is 3.36. The van der Waals surface area contributed by atoms with Gasteiger partial charge in [-0.05, 0) is 73.0 Å². The smallest absolute Gasteiger partial charge is 0.265 e. The van der Waals surface area contributed by atoms with Crippen molar-refractivity contribution in [3.8, 4) is 5.75 Å². The van der Waals surface area contributed by atoms with Gasteiger partial charge in [0.15, 0.2) is 6.61 Å². The number of anilines is 2. The molecule has 5 nitrogen and oxygen atoms in total. The summed E-state index contributed by atoms with van der Waals surface area (Å²) in [6.07, 6.45) is 0. The van der Waals surface area contributed by atoms with Gasteiger partial charge in [-0.1, -0.05) is 29.8 Å². The Morgan fingerprint density at radius 3 is 2.67 bits per heavy atom. The molecule has 1 aliphatic rings. The quantitative estimate of drug-likeness (QED) is 0.636. The van der Waals surface area contributed by atoms with Gasteiger partial charge in [0.2, 0.25) is 0 Å². The predicted octanol–water partition coefficient (Wildman–Crippen LogP) is 5.13. The van der Waals surface area contributed by atoms with Crippen LogP contribution in [0.4, 0.5) is 11.4 Å². The Labute approximate surface area is 180 Å². The van der Waals surface area contributed by atoms with E-state index in [1.165, 1.54) is 0 Å². The first-order valence-corrected chi connectivity index (χ1v) is 9.99. The van der Waals surface area contributed by atoms with Crippen LogP contribution in [0.15, 0.2) is 60.7 Å². The summed E-state index contributed by atoms with van der Waals surface area (Å²) in [6.45, 7) is 4.32. The Morgan fingerprint density at radius 2 is 1.90 bits per heavy atom. The zero-order chi connectivity index (χ0) is 21.3. The van der Waals surface area contributed by atoms with Crippen LogP contribution in [0.1, 0.15) is 27.0 Å². The molecule has 1 aliphatic heterocycles. The summed E-state index contributed by atoms with van der Waals surface area (Å²) in [4.78, 5) is 26.9. The molecule has 0 aromatic heterocycles. The molecule has 30 heavy (non-hydrogen) atoms. The molecule has 0 atom stereocenters. The SMILES string of the molecule is Cc1ccc(C(=O)Nc2ccc3c(c2)N(Cc2cccc(Cl)c2)C(=O)CO3)cc1C. The maximum atomic E-state index is 12.7. The molecule has 0 unspecified atom stereocenters. The third-order valence-electron chi connectivity index (χ3n) is 5.16. The first kappa shape index (κ1) is 20.0. The Balaban J connectivity index is 1.60. The van der Waals surface area contributed by atoms with Gasteiger partial charge in [-0.25, -0.2) is 0 Å². The van der Waals surface area contributed by atoms with Gasteiger partial charge < -0.3 is 15.0 Å². The highest BCUT2D eigenvalue weighted by molar-refractivity contribution is 6.30. The Morgan fingerprint density at radius 1 is 1.07 bits per heavy atom. The number of rotatable bonds is 4. The van der Waals surface area contributed by atoms with Gasteiger partial charge in [0.05, 0.1) is 12.2 Å². The molecule has 6 heteroatoms. The van der Waals surface area contributed by atoms with E-state index in [0.717, 1.165) is 16.7 Å². The number of aryl methyl sites for hydroxylation is 2. The van der Waals surface area contributed by atoms with Gasteiger partial charge in [0, 0.05) is 16.3 Å². The number of fused-ring (bicyclic) bond motifs is 1. The first-order chi connectivity index (χ1) is 14.4. The highest BCUT2D eigenvalue weighted by atomic mass is 35.5. The first-order valence-electron chi connectivity index (χ1n) is 9.61. The summed E-state index contributed by atoms with van der Waals surface area (Å²) in [7, 11) is 0. The lowest BCUT2D eigenvalue weighted by Gasteiger charge is -2.30. The second-order valence-corrected chi connectivity index (χ2v) is 7.77. The number of carbonyl (C=O) groups excluding carboxylic acids is 2. The molecule has 0 bridgehead atoms. The summed E-state index contributed by atoms with van der Waals surface area (Å²) in [5.74, 6) is 0.239. The third kappa shape index (κ3) is 4.16. The summed E-state index contributed by atoms with van der Waals surface area (Å²) in [6, 6.07) is 18.3. The van der Waals surface area contributed by atoms with E-state index in [-0.39, 0.29) is 18.4 Å². The lowest BCUT2D eigenvalue weighted by Crippen LogP contribution is -2.38. The van der Waals surface area contributed by atoms with Crippen molar-refractivity contribution in [2.75, 3.05) is 16.8 Å². The van der Waals surface area contributed by atoms with Crippen LogP contribution in [-0.2, 0) is 11.3 Å². The van der Waals surface area contributed by atoms with Crippen molar-refractivity contribution in [1.82, 2.24) is 0 Å². The van der Waals surface area contributed by atoms with Crippen LogP contribution in [0.5, 0.6) is 5.75 Å². The maximum absolute atomic E-state index is 12.7. The molecular formula is C24H21ClN2O3. The molecule has 0 fully saturated rings. The Kier molecular flexibility index (Phi) is 5.46. The van der Waals surface area contributed by atoms with Crippen LogP contribution in [0.2, 0.25) is 5.02 Å². The lowest BCUT2D eigenvalue weighted by molar-refractivity contribution is -0.121. The van der Waals surface area contributed by atoms with Crippen molar-refractivity contribution in [3.63, 3.8) is 0 Å². The van der Waals surface area contributed by atoms with E-state index < -0.39 is 0 Å². The van der Waals surface area contributed by atoms with E-state index in [2.05, 4.69) is 5.32 Å². The number of nitrogens with zero attached hydrogens (tertiary/aromatic N) is 1. The summed E-state index contributed by atoms with van der Waals surface area (Å²) >= 11 is 6.09. The summed E-state index contributed by atoms with van der Waals surface area (Å²) < 4.78 is 5.57. The highest BCUT2D eigenvalue weighted by Gasteiger charge is 2.26. The molecule has 0 saturated heterocycles. The van der Waals surface area contributed by atoms with Gasteiger partial charge in [-0.3, -0.25) is 9.59 Å². The number of amides is 2. The molecular weight excluding hydrogens is 400 g/mol. The van der Waals surface area contributed by atoms with Crippen LogP contribution >= 0.6 is 11.6 Å². The molecule has 0 saturated carbocycles. The van der Waals surface area contributed by atoms with E-state index in [0.29, 0.717) is 34.3 Å². The Hall–Kier alpha value is -3.31. The van der Waals surface area contributed by atoms with E-state index in [1.807, 2.05) is 44.2 Å². The van der Waals surface area contributed by atoms with Crippen molar-refractivity contribution >= 4 is 34.8 Å². The van der Waals surface area contributed by atoms with Crippen molar-refractivity contribution in [2.24, 2.45) is 0 Å². The van der Waals surface area contributed by atoms with E-state index >= 15 is 0 Å². The molecule has 0 spiro atoms. The van der Waals surface area contributed by atoms with Crippen LogP contribution in [0.25, 0.3) is 0 Å². The molecule has 3 aromatic carbocycles. The van der Waals surface area contributed by atoms with Crippen molar-refractivity contribution in [2.45, 2.75) is 20.4 Å². The minimum Gasteiger partial charge on any atom is -0.482 e. The second-order valence-electron chi connectivity index (χ2n) is 7.33. The lowest BCUT2D eigenvalue weighted by atomic mass is 10.1. The van der Waals surface area contributed by atoms with Gasteiger partial charge in [0.1, 0.15) is 5.75 Å². The maximum Gasteiger partial charge on any atom is 0.265 e. The molecule has 3 aromatic rings. The average molecular weight is 421 g/mol. The molecule has 152 valence electrons. The normalized spacial score (nSPS) is 12.9. The van der Waals surface area contributed by atoms with Crippen LogP contribution in [-0.4, -0.2) is 18.4 Å². The van der Waals surface area contributed by atoms with Gasteiger partial charge in [-0.2, -0.15) is 0 Å². The van der Waals surface area contributed by atoms with Crippen LogP contribution in [0.3, 0.4) is 0 Å². The molecule has 1 heterocycles. The minimum absolute atomic E-state index is 0.0259. The number of hydrogen-bond acceptors (Lipinski definition) is 3. The number of halogens is 1. The molecule has 0 radical (unpaired) electrons. The van der Waals surface area contributed by atoms with E-state index in [9.17, 15) is 9.59 Å². The molecule has 0 aliphatic carbocycles. The van der Waals surface area contributed by atoms with Crippen molar-refractivity contribution < 1.29 is 14.3 Å². The Bertz CT molecular complexity index is 1140. The minimum atomic E-state index is -0.206. The number of ether oxygens (including phenoxy) is 1. The standard InChI is InChI=1S/C24H21ClN2O3/c1-15-6-7-18(10-16(15)2)24(29)26-20-8-9-22-21(12-20)27(23(28)14-30-22)13-17-4-3-5-19(25)11-17/h3-12H,13-14H2,1-2H3,(H,26,29). The van der Waals surface area contributed by atoms with Gasteiger partial charge in [-0.15, -0.1) is 0 Å². The van der Waals surface area contributed by atoms with Crippen molar-refractivity contribution in [3.05, 3.63) is 87.9 Å². The summed E-state index contributed by atoms with van der Waals surface area (Å²) in [5.41, 5.74) is 4.88. The number of nitrogens with one attached hydrogen (secondary N) is 1. The largest absolute Gasteiger partial charge is 0.482 e. The molecule has 1 N–H and O–H groups in total. The molecule has 4 rings (SSSR count). The average Bonchev–Trinajstić information content (AvgIpc) is 2.72. The van der Waals surface area contributed by atoms with Crippen LogP contribution in [0, 0.1) is 13.8 Å². The summed E-state index contributed by atoms with van der Waals surface area (Å²) in [5, 5.41) is 3.52. The van der Waals surface area contributed by atoms with Gasteiger partial charge >= 0.3 is 0 Å². The van der Waals surface area contributed by atoms with Gasteiger partial charge in [0.25, 0.3) is 11.8 Å². The number of hydrogen-bond donors (Lipinski definition) is 1. The zero-order valence-electron chi connectivity index (χ0n) is 16.7. The number of benzene rings is 3. The topological polar surface area (TPSA) is 58.6 Å². The molecule has 2 amide bonds.